The van der Waals surface area contributed by atoms with Gasteiger partial charge in [0.25, 0.3) is 5.56 Å². The predicted molar refractivity (Wildman–Crippen MR) is 75.8 cm³/mol. The summed E-state index contributed by atoms with van der Waals surface area (Å²) in [4.78, 5) is 11.9. The summed E-state index contributed by atoms with van der Waals surface area (Å²) in [5.41, 5.74) is 1.11. The number of benzene rings is 1. The maximum absolute atomic E-state index is 11.9. The quantitative estimate of drug-likeness (QED) is 0.792. The number of rotatable bonds is 4. The van der Waals surface area contributed by atoms with Gasteiger partial charge in [-0.1, -0.05) is 47.5 Å². The molecule has 0 radical (unpaired) electrons. The molecule has 0 saturated heterocycles. The standard InChI is InChI=1S/C14H16BrNO/c1-2-11(9-15)10-16-13-6-4-3-5-12(13)7-8-14(16)17/h3-8,11H,2,9-10H2,1H3. The van der Waals surface area contributed by atoms with Gasteiger partial charge in [-0.15, -0.1) is 0 Å². The molecule has 0 fully saturated rings. The molecule has 2 nitrogen and oxygen atoms in total. The van der Waals surface area contributed by atoms with Crippen LogP contribution in [0.25, 0.3) is 10.9 Å². The van der Waals surface area contributed by atoms with E-state index in [1.54, 1.807) is 6.07 Å². The molecule has 0 aliphatic carbocycles. The van der Waals surface area contributed by atoms with Crippen LogP contribution < -0.4 is 5.56 Å². The van der Waals surface area contributed by atoms with Gasteiger partial charge in [-0.2, -0.15) is 0 Å². The van der Waals surface area contributed by atoms with Crippen LogP contribution in [0.3, 0.4) is 0 Å². The fraction of sp³-hybridized carbons (Fsp3) is 0.357. The minimum atomic E-state index is 0.0862. The largest absolute Gasteiger partial charge is 0.308 e. The first-order chi connectivity index (χ1) is 8.26. The Morgan fingerprint density at radius 3 is 2.71 bits per heavy atom. The second-order valence-corrected chi connectivity index (χ2v) is 4.92. The van der Waals surface area contributed by atoms with Crippen molar-refractivity contribution in [1.29, 1.82) is 0 Å². The van der Waals surface area contributed by atoms with Crippen LogP contribution in [-0.2, 0) is 6.54 Å². The Balaban J connectivity index is 2.51. The normalized spacial score (nSPS) is 12.8. The summed E-state index contributed by atoms with van der Waals surface area (Å²) >= 11 is 3.51. The van der Waals surface area contributed by atoms with Gasteiger partial charge in [-0.3, -0.25) is 4.79 Å². The minimum Gasteiger partial charge on any atom is -0.308 e. The number of fused-ring (bicyclic) bond motifs is 1. The Bertz CT molecular complexity index is 557. The number of para-hydroxylation sites is 1. The fourth-order valence-corrected chi connectivity index (χ4v) is 2.64. The summed E-state index contributed by atoms with van der Waals surface area (Å²) in [5, 5.41) is 2.05. The molecule has 0 N–H and O–H groups in total. The van der Waals surface area contributed by atoms with Crippen molar-refractivity contribution in [3.8, 4) is 0 Å². The highest BCUT2D eigenvalue weighted by Gasteiger charge is 2.09. The molecule has 1 aromatic heterocycles. The molecule has 2 aromatic rings. The molecule has 2 rings (SSSR count). The Hall–Kier alpha value is -1.09. The molecular weight excluding hydrogens is 278 g/mol. The molecule has 1 unspecified atom stereocenters. The average molecular weight is 294 g/mol. The summed E-state index contributed by atoms with van der Waals surface area (Å²) in [6.45, 7) is 2.93. The van der Waals surface area contributed by atoms with Crippen LogP contribution in [0.4, 0.5) is 0 Å². The summed E-state index contributed by atoms with van der Waals surface area (Å²) in [7, 11) is 0. The van der Waals surface area contributed by atoms with E-state index in [2.05, 4.69) is 22.9 Å². The zero-order valence-corrected chi connectivity index (χ0v) is 11.5. The molecular formula is C14H16BrNO. The maximum Gasteiger partial charge on any atom is 0.251 e. The molecule has 1 atom stereocenters. The zero-order chi connectivity index (χ0) is 12.3. The van der Waals surface area contributed by atoms with Gasteiger partial charge >= 0.3 is 0 Å². The smallest absolute Gasteiger partial charge is 0.251 e. The second kappa shape index (κ2) is 5.50. The van der Waals surface area contributed by atoms with Crippen LogP contribution in [0.15, 0.2) is 41.2 Å². The molecule has 1 heterocycles. The number of hydrogen-bond acceptors (Lipinski definition) is 1. The van der Waals surface area contributed by atoms with Crippen LogP contribution in [0.5, 0.6) is 0 Å². The lowest BCUT2D eigenvalue weighted by Crippen LogP contribution is -2.24. The third-order valence-corrected chi connectivity index (χ3v) is 4.05. The van der Waals surface area contributed by atoms with Crippen LogP contribution in [0.1, 0.15) is 13.3 Å². The number of pyridine rings is 1. The topological polar surface area (TPSA) is 22.0 Å². The highest BCUT2D eigenvalue weighted by Crippen LogP contribution is 2.15. The molecule has 0 aliphatic rings. The Morgan fingerprint density at radius 1 is 1.24 bits per heavy atom. The monoisotopic (exact) mass is 293 g/mol. The SMILES string of the molecule is CCC(CBr)Cn1c(=O)ccc2ccccc21. The molecule has 1 aromatic carbocycles. The molecule has 17 heavy (non-hydrogen) atoms. The van der Waals surface area contributed by atoms with Gasteiger partial charge in [-0.25, -0.2) is 0 Å². The third kappa shape index (κ3) is 2.60. The number of halogens is 1. The number of alkyl halides is 1. The van der Waals surface area contributed by atoms with Crippen molar-refractivity contribution >= 4 is 26.8 Å². The van der Waals surface area contributed by atoms with Crippen LogP contribution >= 0.6 is 15.9 Å². The Morgan fingerprint density at radius 2 is 2.00 bits per heavy atom. The number of hydrogen-bond donors (Lipinski definition) is 0. The van der Waals surface area contributed by atoms with Crippen molar-refractivity contribution in [2.45, 2.75) is 19.9 Å². The van der Waals surface area contributed by atoms with E-state index in [1.807, 2.05) is 34.9 Å². The number of aromatic nitrogens is 1. The lowest BCUT2D eigenvalue weighted by atomic mass is 10.1. The lowest BCUT2D eigenvalue weighted by Gasteiger charge is -2.15. The van der Waals surface area contributed by atoms with E-state index >= 15 is 0 Å². The first-order valence-electron chi connectivity index (χ1n) is 5.90. The lowest BCUT2D eigenvalue weighted by molar-refractivity contribution is 0.479. The third-order valence-electron chi connectivity index (χ3n) is 3.14. The predicted octanol–water partition coefficient (Wildman–Crippen LogP) is 3.42. The van der Waals surface area contributed by atoms with Crippen molar-refractivity contribution in [3.05, 3.63) is 46.8 Å². The van der Waals surface area contributed by atoms with Crippen LogP contribution in [0, 0.1) is 5.92 Å². The summed E-state index contributed by atoms with van der Waals surface area (Å²) in [5.74, 6) is 0.499. The highest BCUT2D eigenvalue weighted by molar-refractivity contribution is 9.09. The van der Waals surface area contributed by atoms with E-state index < -0.39 is 0 Å². The summed E-state index contributed by atoms with van der Waals surface area (Å²) in [6.07, 6.45) is 1.07. The molecule has 3 heteroatoms. The summed E-state index contributed by atoms with van der Waals surface area (Å²) < 4.78 is 1.88. The first kappa shape index (κ1) is 12.4. The maximum atomic E-state index is 11.9. The average Bonchev–Trinajstić information content (AvgIpc) is 2.38. The summed E-state index contributed by atoms with van der Waals surface area (Å²) in [6, 6.07) is 11.6. The van der Waals surface area contributed by atoms with Crippen LogP contribution in [-0.4, -0.2) is 9.90 Å². The van der Waals surface area contributed by atoms with E-state index in [4.69, 9.17) is 0 Å². The van der Waals surface area contributed by atoms with E-state index in [-0.39, 0.29) is 5.56 Å². The molecule has 0 aliphatic heterocycles. The van der Waals surface area contributed by atoms with Gasteiger partial charge in [-0.05, 0) is 23.4 Å². The van der Waals surface area contributed by atoms with Crippen molar-refractivity contribution in [1.82, 2.24) is 4.57 Å². The molecule has 0 spiro atoms. The second-order valence-electron chi connectivity index (χ2n) is 4.27. The van der Waals surface area contributed by atoms with E-state index in [9.17, 15) is 4.79 Å². The van der Waals surface area contributed by atoms with Gasteiger partial charge in [0.15, 0.2) is 0 Å². The van der Waals surface area contributed by atoms with Crippen molar-refractivity contribution in [2.24, 2.45) is 5.92 Å². The highest BCUT2D eigenvalue weighted by atomic mass is 79.9. The Labute approximate surface area is 109 Å². The van der Waals surface area contributed by atoms with E-state index in [0.717, 1.165) is 29.2 Å². The fourth-order valence-electron chi connectivity index (χ4n) is 1.98. The van der Waals surface area contributed by atoms with Crippen molar-refractivity contribution in [2.75, 3.05) is 5.33 Å². The van der Waals surface area contributed by atoms with Gasteiger partial charge in [0.1, 0.15) is 0 Å². The molecule has 0 amide bonds. The minimum absolute atomic E-state index is 0.0862. The molecule has 90 valence electrons. The van der Waals surface area contributed by atoms with Gasteiger partial charge in [0, 0.05) is 17.9 Å². The number of nitrogens with zero attached hydrogens (tertiary/aromatic N) is 1. The molecule has 0 saturated carbocycles. The van der Waals surface area contributed by atoms with Crippen molar-refractivity contribution in [3.63, 3.8) is 0 Å². The van der Waals surface area contributed by atoms with Gasteiger partial charge < -0.3 is 4.57 Å². The van der Waals surface area contributed by atoms with E-state index in [0.29, 0.717) is 5.92 Å². The van der Waals surface area contributed by atoms with Crippen LogP contribution in [0.2, 0.25) is 0 Å². The first-order valence-corrected chi connectivity index (χ1v) is 7.03. The van der Waals surface area contributed by atoms with Gasteiger partial charge in [0.2, 0.25) is 0 Å². The zero-order valence-electron chi connectivity index (χ0n) is 9.90. The Kier molecular flexibility index (Phi) is 4.00. The van der Waals surface area contributed by atoms with E-state index in [1.165, 1.54) is 0 Å². The molecule has 0 bridgehead atoms. The van der Waals surface area contributed by atoms with Crippen molar-refractivity contribution < 1.29 is 0 Å². The van der Waals surface area contributed by atoms with Gasteiger partial charge in [0.05, 0.1) is 5.52 Å².